The highest BCUT2D eigenvalue weighted by Gasteiger charge is 2.52. The van der Waals surface area contributed by atoms with Gasteiger partial charge in [0, 0.05) is 45.8 Å². The first kappa shape index (κ1) is 60.2. The number of halogens is 13. The quantitative estimate of drug-likeness (QED) is 0.0850. The van der Waals surface area contributed by atoms with E-state index in [-0.39, 0.29) is 50.6 Å². The Kier molecular flexibility index (Phi) is 18.4. The van der Waals surface area contributed by atoms with Gasteiger partial charge in [-0.3, -0.25) is 8.80 Å². The minimum absolute atomic E-state index is 0. The molecule has 14 nitrogen and oxygen atoms in total. The van der Waals surface area contributed by atoms with Crippen LogP contribution in [0.25, 0.3) is 22.4 Å². The monoisotopic (exact) mass is 1120 g/mol. The van der Waals surface area contributed by atoms with Crippen molar-refractivity contribution in [2.75, 3.05) is 0 Å². The predicted molar refractivity (Wildman–Crippen MR) is 245 cm³/mol. The van der Waals surface area contributed by atoms with Gasteiger partial charge in [-0.2, -0.15) is 43.9 Å². The third-order valence-electron chi connectivity index (χ3n) is 11.0. The topological polar surface area (TPSA) is 142 Å². The van der Waals surface area contributed by atoms with Crippen LogP contribution in [0.5, 0.6) is 11.8 Å². The van der Waals surface area contributed by atoms with Crippen molar-refractivity contribution in [1.82, 2.24) is 39.2 Å². The van der Waals surface area contributed by atoms with Crippen molar-refractivity contribution in [3.8, 4) is 22.9 Å². The van der Waals surface area contributed by atoms with E-state index in [1.165, 1.54) is 35.1 Å². The Hall–Kier alpha value is -5.32. The normalized spacial score (nSPS) is 17.2. The van der Waals surface area contributed by atoms with E-state index in [9.17, 15) is 52.7 Å². The molecule has 7 heterocycles. The van der Waals surface area contributed by atoms with Crippen LogP contribution in [0.3, 0.4) is 0 Å². The van der Waals surface area contributed by atoms with Crippen molar-refractivity contribution in [3.05, 3.63) is 88.9 Å². The molecule has 1 saturated heterocycles. The van der Waals surface area contributed by atoms with Gasteiger partial charge in [0.05, 0.1) is 23.4 Å². The smallest absolute Gasteiger partial charge is 0.463 e. The fraction of sp³-hybridized carbons (Fsp3) is 0.511. The molecule has 0 radical (unpaired) electrons. The molecule has 2 atom stereocenters. The minimum atomic E-state index is -4.68. The fourth-order valence-electron chi connectivity index (χ4n) is 5.99. The van der Waals surface area contributed by atoms with Gasteiger partial charge in [0.1, 0.15) is 0 Å². The second-order valence-electron chi connectivity index (χ2n) is 17.2. The Morgan fingerprint density at radius 2 is 1.04 bits per heavy atom. The predicted octanol–water partition coefficient (Wildman–Crippen LogP) is 12.0. The molecule has 3 fully saturated rings. The second kappa shape index (κ2) is 22.3. The zero-order valence-electron chi connectivity index (χ0n) is 37.4. The van der Waals surface area contributed by atoms with Crippen LogP contribution in [0.2, 0.25) is 0 Å². The van der Waals surface area contributed by atoms with Crippen LogP contribution >= 0.6 is 15.9 Å². The van der Waals surface area contributed by atoms with Crippen LogP contribution in [0.15, 0.2) is 65.7 Å². The lowest BCUT2D eigenvalue weighted by Gasteiger charge is -2.32. The molecule has 402 valence electrons. The third kappa shape index (κ3) is 14.3. The highest BCUT2D eigenvalue weighted by atomic mass is 79.9. The first-order valence-corrected chi connectivity index (χ1v) is 21.8. The van der Waals surface area contributed by atoms with E-state index in [4.69, 9.17) is 14.0 Å². The maximum absolute atomic E-state index is 14.4. The van der Waals surface area contributed by atoms with Crippen LogP contribution in [-0.4, -0.2) is 94.3 Å². The zero-order chi connectivity index (χ0) is 51.4. The summed E-state index contributed by atoms with van der Waals surface area (Å²) in [5.74, 6) is -4.89. The Balaban J connectivity index is 0.000000241. The molecule has 6 aromatic heterocycles. The van der Waals surface area contributed by atoms with E-state index >= 15 is 0 Å². The summed E-state index contributed by atoms with van der Waals surface area (Å²) in [7, 11) is -0.851. The van der Waals surface area contributed by atoms with Crippen molar-refractivity contribution in [1.29, 1.82) is 0 Å². The average Bonchev–Trinajstić information content (AvgIpc) is 4.14. The van der Waals surface area contributed by atoms with Crippen LogP contribution in [0.4, 0.5) is 52.7 Å². The largest absolute Gasteiger partial charge is 0.496 e. The molecule has 3 aliphatic rings. The number of fused-ring (bicyclic) bond motifs is 2. The van der Waals surface area contributed by atoms with E-state index in [0.29, 0.717) is 35.8 Å². The molecule has 0 bridgehead atoms. The summed E-state index contributed by atoms with van der Waals surface area (Å²) in [5.41, 5.74) is -0.0990. The van der Waals surface area contributed by atoms with Crippen molar-refractivity contribution < 1.29 is 80.9 Å². The summed E-state index contributed by atoms with van der Waals surface area (Å²) in [5, 5.41) is 14.4. The van der Waals surface area contributed by atoms with E-state index in [0.717, 1.165) is 36.6 Å². The standard InChI is InChI=1S/C18H14F6N4O2.C14H18BF4NO3.C10H8BrF2N3O.3CH4/c1-9(17(20,21)22)29-15-13(19)6-11(7-25-15)10-2-5-14-26-27-16(28(14)8-10)18(23,24)30-12-3-4-12;1-8(14(17,18)19)21-11-10(16)6-9(7-20-11)15-22-12(2,3)13(4,5)23-15;11-6-1-4-8-14-15-9(16(8)5-6)10(12,13)17-7-2-3-7;;;/h2,5-9,12H,3-4H2,1H3;6-8H,1-5H3;1,4-5,7H,2-3H2;3*1H4/t9-;8-;;;;/m00..../s1. The maximum atomic E-state index is 14.4. The summed E-state index contributed by atoms with van der Waals surface area (Å²) in [6, 6.07) is 8.07. The van der Waals surface area contributed by atoms with Gasteiger partial charge in [0.2, 0.25) is 11.6 Å². The van der Waals surface area contributed by atoms with Crippen LogP contribution < -0.4 is 14.9 Å². The number of alkyl halides is 10. The van der Waals surface area contributed by atoms with Crippen molar-refractivity contribution >= 4 is 39.8 Å². The molecule has 0 aromatic carbocycles. The molecule has 28 heteroatoms. The summed E-state index contributed by atoms with van der Waals surface area (Å²) in [4.78, 5) is 7.20. The van der Waals surface area contributed by atoms with Gasteiger partial charge in [-0.15, -0.1) is 20.4 Å². The van der Waals surface area contributed by atoms with E-state index < -0.39 is 96.2 Å². The van der Waals surface area contributed by atoms with Gasteiger partial charge in [0.25, 0.3) is 11.8 Å². The number of aromatic nitrogens is 8. The molecule has 0 amide bonds. The Labute approximate surface area is 420 Å². The Bertz CT molecular complexity index is 2810. The first-order valence-electron chi connectivity index (χ1n) is 21.0. The van der Waals surface area contributed by atoms with Gasteiger partial charge < -0.3 is 28.3 Å². The molecule has 6 aromatic rings. The summed E-state index contributed by atoms with van der Waals surface area (Å²) in [6.07, 6.45) is -14.3. The summed E-state index contributed by atoms with van der Waals surface area (Å²) < 4.78 is 192. The molecule has 0 unspecified atom stereocenters. The van der Waals surface area contributed by atoms with E-state index in [2.05, 4.69) is 60.5 Å². The number of hydrogen-bond donors (Lipinski definition) is 0. The molecule has 2 saturated carbocycles. The molecular formula is C45H52BBrF12N8O6. The highest BCUT2D eigenvalue weighted by molar-refractivity contribution is 9.10. The molecule has 0 N–H and O–H groups in total. The molecule has 0 spiro atoms. The number of pyridine rings is 4. The Morgan fingerprint density at radius 1 is 0.616 bits per heavy atom. The molecule has 1 aliphatic heterocycles. The summed E-state index contributed by atoms with van der Waals surface area (Å²) >= 11 is 3.22. The van der Waals surface area contributed by atoms with Crippen LogP contribution in [0, 0.1) is 11.6 Å². The van der Waals surface area contributed by atoms with Gasteiger partial charge in [-0.25, -0.2) is 18.7 Å². The molecule has 9 rings (SSSR count). The molecule has 2 aliphatic carbocycles. The maximum Gasteiger partial charge on any atom is 0.496 e. The average molecular weight is 1120 g/mol. The van der Waals surface area contributed by atoms with Crippen molar-refractivity contribution in [3.63, 3.8) is 0 Å². The summed E-state index contributed by atoms with van der Waals surface area (Å²) in [6.45, 7) is 8.83. The lowest BCUT2D eigenvalue weighted by Crippen LogP contribution is -2.41. The molecule has 73 heavy (non-hydrogen) atoms. The number of hydrogen-bond acceptors (Lipinski definition) is 12. The van der Waals surface area contributed by atoms with Crippen molar-refractivity contribution in [2.45, 2.75) is 150 Å². The lowest BCUT2D eigenvalue weighted by atomic mass is 9.80. The van der Waals surface area contributed by atoms with Crippen molar-refractivity contribution in [2.24, 2.45) is 0 Å². The Morgan fingerprint density at radius 3 is 1.47 bits per heavy atom. The van der Waals surface area contributed by atoms with Gasteiger partial charge in [-0.05, 0) is 120 Å². The van der Waals surface area contributed by atoms with Gasteiger partial charge >= 0.3 is 31.7 Å². The van der Waals surface area contributed by atoms with Gasteiger partial charge in [0.15, 0.2) is 35.1 Å². The minimum Gasteiger partial charge on any atom is -0.463 e. The third-order valence-corrected chi connectivity index (χ3v) is 11.4. The van der Waals surface area contributed by atoms with Gasteiger partial charge in [-0.1, -0.05) is 22.3 Å². The highest BCUT2D eigenvalue weighted by Crippen LogP contribution is 2.40. The van der Waals surface area contributed by atoms with E-state index in [1.807, 2.05) is 27.7 Å². The van der Waals surface area contributed by atoms with E-state index in [1.54, 1.807) is 12.1 Å². The number of nitrogens with zero attached hydrogens (tertiary/aromatic N) is 8. The fourth-order valence-corrected chi connectivity index (χ4v) is 6.33. The SMILES string of the molecule is C.C.C.C[C@H](Oc1ncc(-c2ccc3nnc(C(F)(F)OC4CC4)n3c2)cc1F)C(F)(F)F.C[C@H](Oc1ncc(B2OC(C)(C)C(C)(C)O2)cc1F)C(F)(F)F.FC(F)(OC1CC1)c1nnc2ccc(Br)cn12. The molecular weight excluding hydrogens is 1070 g/mol. The number of rotatable bonds is 12. The van der Waals surface area contributed by atoms with Crippen LogP contribution in [0.1, 0.15) is 101 Å². The second-order valence-corrected chi connectivity index (χ2v) is 18.1. The lowest BCUT2D eigenvalue weighted by molar-refractivity contribution is -0.261. The number of ether oxygens (including phenoxy) is 4. The van der Waals surface area contributed by atoms with Crippen LogP contribution in [-0.2, 0) is 31.0 Å². The first-order chi connectivity index (χ1) is 32.4. The zero-order valence-corrected chi connectivity index (χ0v) is 39.0.